The molecule has 0 spiro atoms. The van der Waals surface area contributed by atoms with Crippen molar-refractivity contribution in [1.29, 1.82) is 0 Å². The summed E-state index contributed by atoms with van der Waals surface area (Å²) in [5.41, 5.74) is -2.50. The third-order valence-corrected chi connectivity index (χ3v) is 4.71. The first-order valence-electron chi connectivity index (χ1n) is 6.77. The fourth-order valence-electron chi connectivity index (χ4n) is 2.03. The Kier molecular flexibility index (Phi) is 5.95. The van der Waals surface area contributed by atoms with Crippen LogP contribution < -0.4 is 5.32 Å². The number of halogens is 4. The van der Waals surface area contributed by atoms with Gasteiger partial charge in [-0.25, -0.2) is 8.42 Å². The molecule has 5 nitrogen and oxygen atoms in total. The van der Waals surface area contributed by atoms with Gasteiger partial charge in [0.25, 0.3) is 0 Å². The van der Waals surface area contributed by atoms with Crippen LogP contribution in [0.2, 0.25) is 5.02 Å². The van der Waals surface area contributed by atoms with Crippen LogP contribution in [0.4, 0.5) is 18.9 Å². The molecule has 24 heavy (non-hydrogen) atoms. The van der Waals surface area contributed by atoms with Crippen LogP contribution in [0.25, 0.3) is 0 Å². The Bertz CT molecular complexity index is 728. The molecule has 0 aliphatic rings. The highest BCUT2D eigenvalue weighted by atomic mass is 35.5. The number of benzene rings is 1. The standard InChI is InChI=1S/C14H18ClF3N2O3S/c1-13(2,3)20(24(4,22)23)8-12(21)19-11-6-5-9(15)7-10(11)14(16,17)18/h5-7H,8H2,1-4H3,(H,19,21). The molecule has 0 atom stereocenters. The number of hydrogen-bond acceptors (Lipinski definition) is 3. The second-order valence-electron chi connectivity index (χ2n) is 6.18. The summed E-state index contributed by atoms with van der Waals surface area (Å²) in [4.78, 5) is 12.1. The second-order valence-corrected chi connectivity index (χ2v) is 8.52. The molecule has 0 aliphatic heterocycles. The van der Waals surface area contributed by atoms with Gasteiger partial charge in [0.1, 0.15) is 0 Å². The van der Waals surface area contributed by atoms with Gasteiger partial charge in [-0.3, -0.25) is 4.79 Å². The lowest BCUT2D eigenvalue weighted by molar-refractivity contribution is -0.137. The van der Waals surface area contributed by atoms with Gasteiger partial charge in [-0.15, -0.1) is 0 Å². The van der Waals surface area contributed by atoms with Crippen molar-refractivity contribution in [3.05, 3.63) is 28.8 Å². The number of carbonyl (C=O) groups is 1. The van der Waals surface area contributed by atoms with Gasteiger partial charge in [0.05, 0.1) is 24.1 Å². The van der Waals surface area contributed by atoms with E-state index in [9.17, 15) is 26.4 Å². The molecular weight excluding hydrogens is 369 g/mol. The molecular formula is C14H18ClF3N2O3S. The van der Waals surface area contributed by atoms with Crippen molar-refractivity contribution < 1.29 is 26.4 Å². The highest BCUT2D eigenvalue weighted by Crippen LogP contribution is 2.36. The summed E-state index contributed by atoms with van der Waals surface area (Å²) >= 11 is 5.56. The first-order valence-corrected chi connectivity index (χ1v) is 8.99. The summed E-state index contributed by atoms with van der Waals surface area (Å²) < 4.78 is 63.5. The summed E-state index contributed by atoms with van der Waals surface area (Å²) in [5, 5.41) is 1.96. The van der Waals surface area contributed by atoms with Crippen molar-refractivity contribution in [3.8, 4) is 0 Å². The number of carbonyl (C=O) groups excluding carboxylic acids is 1. The predicted molar refractivity (Wildman–Crippen MR) is 86.4 cm³/mol. The molecule has 0 aliphatic carbocycles. The molecule has 0 radical (unpaired) electrons. The van der Waals surface area contributed by atoms with Crippen molar-refractivity contribution >= 4 is 33.2 Å². The topological polar surface area (TPSA) is 66.5 Å². The monoisotopic (exact) mass is 386 g/mol. The lowest BCUT2D eigenvalue weighted by Crippen LogP contribution is -2.48. The van der Waals surface area contributed by atoms with E-state index in [1.165, 1.54) is 6.07 Å². The van der Waals surface area contributed by atoms with Crippen molar-refractivity contribution in [1.82, 2.24) is 4.31 Å². The molecule has 0 heterocycles. The summed E-state index contributed by atoms with van der Waals surface area (Å²) in [5.74, 6) is -0.886. The number of nitrogens with zero attached hydrogens (tertiary/aromatic N) is 1. The molecule has 10 heteroatoms. The van der Waals surface area contributed by atoms with E-state index >= 15 is 0 Å². The summed E-state index contributed by atoms with van der Waals surface area (Å²) in [6.45, 7) is 4.11. The van der Waals surface area contributed by atoms with Gasteiger partial charge in [0.2, 0.25) is 15.9 Å². The van der Waals surface area contributed by atoms with Gasteiger partial charge in [-0.1, -0.05) is 11.6 Å². The van der Waals surface area contributed by atoms with Crippen LogP contribution in [0.1, 0.15) is 26.3 Å². The quantitative estimate of drug-likeness (QED) is 0.862. The molecule has 1 amide bonds. The average molecular weight is 387 g/mol. The number of amides is 1. The first-order chi connectivity index (χ1) is 10.6. The van der Waals surface area contributed by atoms with Crippen LogP contribution in [-0.2, 0) is 21.0 Å². The maximum atomic E-state index is 13.0. The number of anilines is 1. The highest BCUT2D eigenvalue weighted by Gasteiger charge is 2.35. The normalized spacial score (nSPS) is 13.2. The lowest BCUT2D eigenvalue weighted by Gasteiger charge is -2.32. The number of rotatable bonds is 4. The van der Waals surface area contributed by atoms with Gasteiger partial charge < -0.3 is 5.32 Å². The van der Waals surface area contributed by atoms with E-state index in [-0.39, 0.29) is 5.02 Å². The number of alkyl halides is 3. The molecule has 0 bridgehead atoms. The van der Waals surface area contributed by atoms with Crippen LogP contribution in [0.5, 0.6) is 0 Å². The number of sulfonamides is 1. The summed E-state index contributed by atoms with van der Waals surface area (Å²) in [7, 11) is -3.73. The molecule has 0 unspecified atom stereocenters. The van der Waals surface area contributed by atoms with E-state index in [0.29, 0.717) is 6.07 Å². The second kappa shape index (κ2) is 6.89. The predicted octanol–water partition coefficient (Wildman–Crippen LogP) is 3.36. The van der Waals surface area contributed by atoms with Crippen molar-refractivity contribution in [3.63, 3.8) is 0 Å². The molecule has 0 saturated heterocycles. The maximum absolute atomic E-state index is 13.0. The van der Waals surface area contributed by atoms with Crippen molar-refractivity contribution in [2.24, 2.45) is 0 Å². The van der Waals surface area contributed by atoms with Gasteiger partial charge >= 0.3 is 6.18 Å². The molecule has 0 saturated carbocycles. The van der Waals surface area contributed by atoms with Gasteiger partial charge in [0, 0.05) is 10.6 Å². The fraction of sp³-hybridized carbons (Fsp3) is 0.500. The minimum Gasteiger partial charge on any atom is -0.324 e. The molecule has 0 aromatic heterocycles. The number of nitrogens with one attached hydrogen (secondary N) is 1. The largest absolute Gasteiger partial charge is 0.418 e. The molecule has 1 aromatic carbocycles. The molecule has 1 rings (SSSR count). The van der Waals surface area contributed by atoms with Crippen molar-refractivity contribution in [2.75, 3.05) is 18.1 Å². The Morgan fingerprint density at radius 1 is 1.25 bits per heavy atom. The minimum absolute atomic E-state index is 0.132. The summed E-state index contributed by atoms with van der Waals surface area (Å²) in [6, 6.07) is 2.91. The molecule has 1 N–H and O–H groups in total. The van der Waals surface area contributed by atoms with Crippen LogP contribution in [0.3, 0.4) is 0 Å². The Morgan fingerprint density at radius 2 is 1.79 bits per heavy atom. The molecule has 1 aromatic rings. The Morgan fingerprint density at radius 3 is 2.21 bits per heavy atom. The molecule has 136 valence electrons. The number of hydrogen-bond donors (Lipinski definition) is 1. The van der Waals surface area contributed by atoms with E-state index < -0.39 is 45.4 Å². The van der Waals surface area contributed by atoms with Crippen LogP contribution >= 0.6 is 11.6 Å². The van der Waals surface area contributed by atoms with Crippen molar-refractivity contribution in [2.45, 2.75) is 32.5 Å². The van der Waals surface area contributed by atoms with E-state index in [1.54, 1.807) is 20.8 Å². The fourth-order valence-corrected chi connectivity index (χ4v) is 3.55. The first kappa shape index (κ1) is 20.7. The van der Waals surface area contributed by atoms with E-state index in [0.717, 1.165) is 16.6 Å². The lowest BCUT2D eigenvalue weighted by atomic mass is 10.1. The maximum Gasteiger partial charge on any atom is 0.418 e. The zero-order chi connectivity index (χ0) is 18.9. The van der Waals surface area contributed by atoms with Gasteiger partial charge in [-0.2, -0.15) is 17.5 Å². The van der Waals surface area contributed by atoms with Crippen LogP contribution in [-0.4, -0.2) is 37.0 Å². The van der Waals surface area contributed by atoms with E-state index in [4.69, 9.17) is 11.6 Å². The SMILES string of the molecule is CC(C)(C)N(CC(=O)Nc1ccc(Cl)cc1C(F)(F)F)S(C)(=O)=O. The Balaban J connectivity index is 3.09. The minimum atomic E-state index is -4.71. The van der Waals surface area contributed by atoms with E-state index in [2.05, 4.69) is 5.32 Å². The highest BCUT2D eigenvalue weighted by molar-refractivity contribution is 7.88. The van der Waals surface area contributed by atoms with Gasteiger partial charge in [-0.05, 0) is 39.0 Å². The zero-order valence-electron chi connectivity index (χ0n) is 13.5. The van der Waals surface area contributed by atoms with Crippen LogP contribution in [0.15, 0.2) is 18.2 Å². The smallest absolute Gasteiger partial charge is 0.324 e. The van der Waals surface area contributed by atoms with Gasteiger partial charge in [0.15, 0.2) is 0 Å². The Hall–Kier alpha value is -1.32. The van der Waals surface area contributed by atoms with Crippen LogP contribution in [0, 0.1) is 0 Å². The zero-order valence-corrected chi connectivity index (χ0v) is 15.1. The average Bonchev–Trinajstić information content (AvgIpc) is 2.34. The third kappa shape index (κ3) is 5.64. The third-order valence-electron chi connectivity index (χ3n) is 3.00. The summed E-state index contributed by atoms with van der Waals surface area (Å²) in [6.07, 6.45) is -3.79. The van der Waals surface area contributed by atoms with E-state index in [1.807, 2.05) is 0 Å². The molecule has 0 fully saturated rings. The Labute approximate surface area is 143 Å².